The van der Waals surface area contributed by atoms with E-state index in [2.05, 4.69) is 18.8 Å². The topological polar surface area (TPSA) is 61.8 Å². The average Bonchev–Trinajstić information content (AvgIpc) is 2.49. The summed E-state index contributed by atoms with van der Waals surface area (Å²) >= 11 is 0. The Hall–Kier alpha value is -2.01. The number of hydrogen-bond acceptors (Lipinski definition) is 3. The lowest BCUT2D eigenvalue weighted by Gasteiger charge is -2.22. The monoisotopic (exact) mass is 306 g/mol. The molecule has 0 atom stereocenters. The summed E-state index contributed by atoms with van der Waals surface area (Å²) in [5.74, 6) is 0.683. The molecular formula is C17H26N2O3. The molecule has 0 heterocycles. The Balaban J connectivity index is 2.65. The molecule has 0 aromatic heterocycles. The van der Waals surface area contributed by atoms with Gasteiger partial charge in [-0.3, -0.25) is 0 Å². The van der Waals surface area contributed by atoms with Crippen molar-refractivity contribution in [2.24, 2.45) is 0 Å². The number of urea groups is 1. The highest BCUT2D eigenvalue weighted by atomic mass is 16.5. The van der Waals surface area contributed by atoms with E-state index in [9.17, 15) is 4.79 Å². The Labute approximate surface area is 132 Å². The smallest absolute Gasteiger partial charge is 0.321 e. The van der Waals surface area contributed by atoms with Crippen LogP contribution >= 0.6 is 0 Å². The minimum Gasteiger partial charge on any atom is -0.489 e. The molecule has 1 rings (SSSR count). The van der Waals surface area contributed by atoms with Gasteiger partial charge in [0.25, 0.3) is 0 Å². The minimum atomic E-state index is -0.209. The van der Waals surface area contributed by atoms with Crippen LogP contribution in [0.3, 0.4) is 0 Å². The Morgan fingerprint density at radius 1 is 1.41 bits per heavy atom. The van der Waals surface area contributed by atoms with Crippen molar-refractivity contribution in [1.29, 1.82) is 0 Å². The van der Waals surface area contributed by atoms with Gasteiger partial charge in [-0.2, -0.15) is 0 Å². The molecule has 122 valence electrons. The van der Waals surface area contributed by atoms with Crippen LogP contribution in [0.5, 0.6) is 5.75 Å². The number of carbonyl (C=O) groups is 1. The molecule has 0 bridgehead atoms. The lowest BCUT2D eigenvalue weighted by Crippen LogP contribution is -2.37. The molecule has 22 heavy (non-hydrogen) atoms. The number of hydrogen-bond donors (Lipinski definition) is 2. The number of rotatable bonds is 9. The van der Waals surface area contributed by atoms with Gasteiger partial charge in [0.2, 0.25) is 0 Å². The van der Waals surface area contributed by atoms with Gasteiger partial charge in [0.15, 0.2) is 0 Å². The predicted octanol–water partition coefficient (Wildman–Crippen LogP) is 3.27. The third-order valence-electron chi connectivity index (χ3n) is 3.01. The fourth-order valence-corrected chi connectivity index (χ4v) is 1.86. The second-order valence-electron chi connectivity index (χ2n) is 5.27. The number of amides is 2. The van der Waals surface area contributed by atoms with Gasteiger partial charge < -0.3 is 20.1 Å². The number of nitrogens with one attached hydrogen (secondary N) is 1. The van der Waals surface area contributed by atoms with Crippen LogP contribution in [-0.4, -0.2) is 42.3 Å². The summed E-state index contributed by atoms with van der Waals surface area (Å²) in [6.07, 6.45) is 1.91. The first kappa shape index (κ1) is 18.0. The van der Waals surface area contributed by atoms with Crippen LogP contribution in [0.15, 0.2) is 36.4 Å². The van der Waals surface area contributed by atoms with Crippen molar-refractivity contribution in [3.8, 4) is 5.75 Å². The number of ether oxygens (including phenoxy) is 1. The van der Waals surface area contributed by atoms with Crippen LogP contribution in [0.4, 0.5) is 10.5 Å². The molecule has 2 N–H and O–H groups in total. The molecule has 0 spiro atoms. The standard InChI is InChI=1S/C17H26N2O3/c1-4-5-9-19(10-11-20)17(21)18-15-7-6-8-16(12-15)22-13-14(2)3/h6-8,12,20H,2,4-5,9-11,13H2,1,3H3,(H,18,21). The number of unbranched alkanes of at least 4 members (excludes halogenated alkanes) is 1. The number of nitrogens with zero attached hydrogens (tertiary/aromatic N) is 1. The van der Waals surface area contributed by atoms with Gasteiger partial charge in [-0.25, -0.2) is 4.79 Å². The SMILES string of the molecule is C=C(C)COc1cccc(NC(=O)N(CCO)CCCC)c1. The van der Waals surface area contributed by atoms with Crippen molar-refractivity contribution in [2.45, 2.75) is 26.7 Å². The van der Waals surface area contributed by atoms with Crippen LogP contribution in [0, 0.1) is 0 Å². The maximum Gasteiger partial charge on any atom is 0.321 e. The van der Waals surface area contributed by atoms with E-state index < -0.39 is 0 Å². The molecule has 0 unspecified atom stereocenters. The summed E-state index contributed by atoms with van der Waals surface area (Å²) in [4.78, 5) is 13.9. The first-order valence-corrected chi connectivity index (χ1v) is 7.60. The fourth-order valence-electron chi connectivity index (χ4n) is 1.86. The number of benzene rings is 1. The van der Waals surface area contributed by atoms with Crippen molar-refractivity contribution in [3.05, 3.63) is 36.4 Å². The minimum absolute atomic E-state index is 0.0428. The lowest BCUT2D eigenvalue weighted by molar-refractivity contribution is 0.187. The molecule has 0 saturated carbocycles. The third-order valence-corrected chi connectivity index (χ3v) is 3.01. The number of carbonyl (C=O) groups excluding carboxylic acids is 1. The van der Waals surface area contributed by atoms with Gasteiger partial charge >= 0.3 is 6.03 Å². The van der Waals surface area contributed by atoms with E-state index in [-0.39, 0.29) is 12.6 Å². The first-order valence-electron chi connectivity index (χ1n) is 7.60. The summed E-state index contributed by atoms with van der Waals surface area (Å²) < 4.78 is 5.56. The first-order chi connectivity index (χ1) is 10.6. The average molecular weight is 306 g/mol. The van der Waals surface area contributed by atoms with E-state index in [4.69, 9.17) is 9.84 Å². The molecule has 0 fully saturated rings. The molecule has 0 aliphatic heterocycles. The zero-order valence-electron chi connectivity index (χ0n) is 13.5. The van der Waals surface area contributed by atoms with E-state index in [1.807, 2.05) is 25.1 Å². The van der Waals surface area contributed by atoms with E-state index in [0.717, 1.165) is 18.4 Å². The normalized spacial score (nSPS) is 10.1. The molecular weight excluding hydrogens is 280 g/mol. The van der Waals surface area contributed by atoms with Crippen molar-refractivity contribution < 1.29 is 14.6 Å². The van der Waals surface area contributed by atoms with Crippen LogP contribution < -0.4 is 10.1 Å². The maximum absolute atomic E-state index is 12.2. The molecule has 0 aliphatic rings. The highest BCUT2D eigenvalue weighted by Crippen LogP contribution is 2.18. The van der Waals surface area contributed by atoms with Gasteiger partial charge in [-0.05, 0) is 31.1 Å². The van der Waals surface area contributed by atoms with Crippen molar-refractivity contribution >= 4 is 11.7 Å². The molecule has 2 amide bonds. The third kappa shape index (κ3) is 6.63. The molecule has 0 aliphatic carbocycles. The molecule has 5 heteroatoms. The van der Waals surface area contributed by atoms with Crippen LogP contribution in [0.1, 0.15) is 26.7 Å². The summed E-state index contributed by atoms with van der Waals surface area (Å²) in [6.45, 7) is 9.12. The highest BCUT2D eigenvalue weighted by molar-refractivity contribution is 5.89. The Kier molecular flexibility index (Phi) is 8.07. The van der Waals surface area contributed by atoms with Crippen LogP contribution in [0.2, 0.25) is 0 Å². The molecule has 5 nitrogen and oxygen atoms in total. The summed E-state index contributed by atoms with van der Waals surface area (Å²) in [7, 11) is 0. The Morgan fingerprint density at radius 3 is 2.82 bits per heavy atom. The maximum atomic E-state index is 12.2. The van der Waals surface area contributed by atoms with Gasteiger partial charge in [-0.15, -0.1) is 0 Å². The largest absolute Gasteiger partial charge is 0.489 e. The zero-order chi connectivity index (χ0) is 16.4. The molecule has 1 aromatic carbocycles. The van der Waals surface area contributed by atoms with E-state index in [1.165, 1.54) is 0 Å². The molecule has 0 radical (unpaired) electrons. The highest BCUT2D eigenvalue weighted by Gasteiger charge is 2.12. The Bertz CT molecular complexity index is 489. The molecule has 0 saturated heterocycles. The fraction of sp³-hybridized carbons (Fsp3) is 0.471. The second kappa shape index (κ2) is 9.84. The van der Waals surface area contributed by atoms with E-state index in [1.54, 1.807) is 11.0 Å². The Morgan fingerprint density at radius 2 is 2.18 bits per heavy atom. The van der Waals surface area contributed by atoms with Crippen molar-refractivity contribution in [1.82, 2.24) is 4.90 Å². The summed E-state index contributed by atoms with van der Waals surface area (Å²) in [5, 5.41) is 11.9. The predicted molar refractivity (Wildman–Crippen MR) is 89.3 cm³/mol. The number of aliphatic hydroxyl groups is 1. The van der Waals surface area contributed by atoms with Gasteiger partial charge in [0.1, 0.15) is 12.4 Å². The van der Waals surface area contributed by atoms with Crippen LogP contribution in [0.25, 0.3) is 0 Å². The summed E-state index contributed by atoms with van der Waals surface area (Å²) in [6, 6.07) is 7.03. The number of anilines is 1. The van der Waals surface area contributed by atoms with Crippen molar-refractivity contribution in [2.75, 3.05) is 31.6 Å². The van der Waals surface area contributed by atoms with E-state index >= 15 is 0 Å². The van der Waals surface area contributed by atoms with Gasteiger partial charge in [0, 0.05) is 24.8 Å². The summed E-state index contributed by atoms with van der Waals surface area (Å²) in [5.41, 5.74) is 1.60. The van der Waals surface area contributed by atoms with Crippen LogP contribution in [-0.2, 0) is 0 Å². The van der Waals surface area contributed by atoms with E-state index in [0.29, 0.717) is 31.1 Å². The van der Waals surface area contributed by atoms with Gasteiger partial charge in [-0.1, -0.05) is 26.0 Å². The zero-order valence-corrected chi connectivity index (χ0v) is 13.5. The number of aliphatic hydroxyl groups excluding tert-OH is 1. The quantitative estimate of drug-likeness (QED) is 0.688. The second-order valence-corrected chi connectivity index (χ2v) is 5.27. The van der Waals surface area contributed by atoms with Gasteiger partial charge in [0.05, 0.1) is 6.61 Å². The molecule has 1 aromatic rings. The lowest BCUT2D eigenvalue weighted by atomic mass is 10.3. The van der Waals surface area contributed by atoms with Crippen molar-refractivity contribution in [3.63, 3.8) is 0 Å².